The van der Waals surface area contributed by atoms with Crippen molar-refractivity contribution < 1.29 is 19.7 Å². The van der Waals surface area contributed by atoms with Crippen molar-refractivity contribution in [2.75, 3.05) is 12.3 Å². The minimum atomic E-state index is -1.30. The summed E-state index contributed by atoms with van der Waals surface area (Å²) in [7, 11) is 0. The van der Waals surface area contributed by atoms with Gasteiger partial charge in [0.05, 0.1) is 17.5 Å². The summed E-state index contributed by atoms with van der Waals surface area (Å²) in [5.41, 5.74) is 6.92. The third-order valence-corrected chi connectivity index (χ3v) is 3.70. The molecule has 8 heteroatoms. The van der Waals surface area contributed by atoms with Crippen molar-refractivity contribution in [1.29, 1.82) is 0 Å². The number of alkyl carbamates (subject to hydrolysis) is 1. The van der Waals surface area contributed by atoms with E-state index in [0.29, 0.717) is 0 Å². The van der Waals surface area contributed by atoms with Crippen LogP contribution in [0.2, 0.25) is 5.15 Å². The fraction of sp³-hybridized carbons (Fsp3) is 0.294. The number of nitrogens with two attached hydrogens (primary N) is 1. The molecule has 2 atom stereocenters. The first kappa shape index (κ1) is 19.0. The van der Waals surface area contributed by atoms with Crippen LogP contribution >= 0.6 is 11.6 Å². The number of pyridine rings is 1. The lowest BCUT2D eigenvalue weighted by Gasteiger charge is -2.19. The summed E-state index contributed by atoms with van der Waals surface area (Å²) < 4.78 is 5.05. The Morgan fingerprint density at radius 1 is 1.24 bits per heavy atom. The number of aromatic nitrogens is 1. The van der Waals surface area contributed by atoms with Gasteiger partial charge in [-0.3, -0.25) is 0 Å². The normalized spacial score (nSPS) is 13.1. The average Bonchev–Trinajstić information content (AvgIpc) is 2.62. The van der Waals surface area contributed by atoms with Crippen LogP contribution in [0.3, 0.4) is 0 Å². The Morgan fingerprint density at radius 3 is 2.68 bits per heavy atom. The van der Waals surface area contributed by atoms with Crippen LogP contribution in [-0.4, -0.2) is 33.9 Å². The number of nitrogen functional groups attached to an aromatic ring is 1. The maximum absolute atomic E-state index is 11.6. The number of aliphatic hydroxyl groups is 2. The van der Waals surface area contributed by atoms with Crippen LogP contribution in [0.15, 0.2) is 42.5 Å². The summed E-state index contributed by atoms with van der Waals surface area (Å²) in [6.45, 7) is 0.271. The predicted octanol–water partition coefficient (Wildman–Crippen LogP) is 2.03. The van der Waals surface area contributed by atoms with E-state index in [1.165, 1.54) is 12.1 Å². The summed E-state index contributed by atoms with van der Waals surface area (Å²) >= 11 is 5.76. The number of anilines is 1. The second-order valence-corrected chi connectivity index (χ2v) is 5.79. The zero-order chi connectivity index (χ0) is 18.2. The van der Waals surface area contributed by atoms with Crippen molar-refractivity contribution in [3.63, 3.8) is 0 Å². The molecule has 1 aromatic carbocycles. The van der Waals surface area contributed by atoms with E-state index in [2.05, 4.69) is 10.3 Å². The zero-order valence-corrected chi connectivity index (χ0v) is 14.2. The van der Waals surface area contributed by atoms with Gasteiger partial charge in [-0.2, -0.15) is 0 Å². The van der Waals surface area contributed by atoms with Gasteiger partial charge in [-0.15, -0.1) is 0 Å². The third kappa shape index (κ3) is 5.90. The highest BCUT2D eigenvalue weighted by molar-refractivity contribution is 6.29. The van der Waals surface area contributed by atoms with Gasteiger partial charge in [-0.05, 0) is 24.1 Å². The SMILES string of the molecule is Nc1ccc(Cl)nc1C(O)C(O)CCNC(=O)OCc1ccccc1. The topological polar surface area (TPSA) is 118 Å². The van der Waals surface area contributed by atoms with Gasteiger partial charge in [0.1, 0.15) is 17.9 Å². The number of amides is 1. The van der Waals surface area contributed by atoms with Gasteiger partial charge >= 0.3 is 6.09 Å². The Kier molecular flexibility index (Phi) is 7.00. The van der Waals surface area contributed by atoms with Gasteiger partial charge in [0, 0.05) is 6.54 Å². The van der Waals surface area contributed by atoms with E-state index in [1.54, 1.807) is 0 Å². The van der Waals surface area contributed by atoms with Crippen LogP contribution in [0, 0.1) is 0 Å². The van der Waals surface area contributed by atoms with Crippen LogP contribution in [0.25, 0.3) is 0 Å². The van der Waals surface area contributed by atoms with Crippen molar-refractivity contribution in [3.05, 3.63) is 58.9 Å². The molecule has 7 nitrogen and oxygen atoms in total. The molecule has 0 aliphatic heterocycles. The number of carbonyl (C=O) groups excluding carboxylic acids is 1. The van der Waals surface area contributed by atoms with Gasteiger partial charge in [0.2, 0.25) is 0 Å². The van der Waals surface area contributed by atoms with Crippen LogP contribution in [0.4, 0.5) is 10.5 Å². The van der Waals surface area contributed by atoms with Crippen molar-refractivity contribution in [3.8, 4) is 0 Å². The van der Waals surface area contributed by atoms with E-state index < -0.39 is 18.3 Å². The van der Waals surface area contributed by atoms with E-state index in [1.807, 2.05) is 30.3 Å². The van der Waals surface area contributed by atoms with E-state index in [9.17, 15) is 15.0 Å². The summed E-state index contributed by atoms with van der Waals surface area (Å²) in [5, 5.41) is 22.8. The Balaban J connectivity index is 1.75. The molecule has 2 rings (SSSR count). The predicted molar refractivity (Wildman–Crippen MR) is 93.9 cm³/mol. The van der Waals surface area contributed by atoms with Crippen LogP contribution in [0.1, 0.15) is 23.8 Å². The lowest BCUT2D eigenvalue weighted by molar-refractivity contribution is 0.0116. The molecule has 0 aliphatic rings. The molecule has 0 aliphatic carbocycles. The second kappa shape index (κ2) is 9.22. The molecule has 1 amide bonds. The first-order valence-corrected chi connectivity index (χ1v) is 8.07. The molecule has 0 saturated carbocycles. The average molecular weight is 366 g/mol. The number of rotatable bonds is 7. The number of nitrogens with one attached hydrogen (secondary N) is 1. The zero-order valence-electron chi connectivity index (χ0n) is 13.4. The molecular formula is C17H20ClN3O4. The minimum absolute atomic E-state index is 0.0925. The van der Waals surface area contributed by atoms with Crippen molar-refractivity contribution in [2.24, 2.45) is 0 Å². The van der Waals surface area contributed by atoms with E-state index in [-0.39, 0.29) is 36.1 Å². The number of hydrogen-bond donors (Lipinski definition) is 4. The van der Waals surface area contributed by atoms with E-state index in [4.69, 9.17) is 22.1 Å². The molecule has 1 heterocycles. The van der Waals surface area contributed by atoms with Gasteiger partial charge in [-0.25, -0.2) is 9.78 Å². The molecule has 1 aromatic heterocycles. The van der Waals surface area contributed by atoms with Gasteiger partial charge in [0.15, 0.2) is 0 Å². The molecule has 0 bridgehead atoms. The Labute approximate surface area is 150 Å². The standard InChI is InChI=1S/C17H20ClN3O4/c18-14-7-6-12(19)15(21-14)16(23)13(22)8-9-20-17(24)25-10-11-4-2-1-3-5-11/h1-7,13,16,22-23H,8-10,19H2,(H,20,24). The fourth-order valence-electron chi connectivity index (χ4n) is 2.13. The largest absolute Gasteiger partial charge is 0.445 e. The van der Waals surface area contributed by atoms with Crippen LogP contribution < -0.4 is 11.1 Å². The number of benzene rings is 1. The molecule has 5 N–H and O–H groups in total. The quantitative estimate of drug-likeness (QED) is 0.557. The maximum atomic E-state index is 11.6. The first-order valence-electron chi connectivity index (χ1n) is 7.70. The molecule has 2 unspecified atom stereocenters. The summed E-state index contributed by atoms with van der Waals surface area (Å²) in [6.07, 6.45) is -2.98. The number of carbonyl (C=O) groups is 1. The van der Waals surface area contributed by atoms with Crippen molar-refractivity contribution >= 4 is 23.4 Å². The number of ether oxygens (including phenoxy) is 1. The Morgan fingerprint density at radius 2 is 1.96 bits per heavy atom. The van der Waals surface area contributed by atoms with Gasteiger partial charge in [-0.1, -0.05) is 41.9 Å². The molecule has 2 aromatic rings. The van der Waals surface area contributed by atoms with Crippen LogP contribution in [0.5, 0.6) is 0 Å². The Hall–Kier alpha value is -2.35. The molecule has 134 valence electrons. The van der Waals surface area contributed by atoms with E-state index in [0.717, 1.165) is 5.56 Å². The van der Waals surface area contributed by atoms with Gasteiger partial charge in [0.25, 0.3) is 0 Å². The number of aliphatic hydroxyl groups excluding tert-OH is 2. The van der Waals surface area contributed by atoms with Crippen molar-refractivity contribution in [1.82, 2.24) is 10.3 Å². The molecule has 0 fully saturated rings. The van der Waals surface area contributed by atoms with Crippen LogP contribution in [-0.2, 0) is 11.3 Å². The highest BCUT2D eigenvalue weighted by Crippen LogP contribution is 2.24. The Bertz CT molecular complexity index is 700. The molecule has 0 spiro atoms. The summed E-state index contributed by atoms with van der Waals surface area (Å²) in [5.74, 6) is 0. The number of halogens is 1. The molecular weight excluding hydrogens is 346 g/mol. The monoisotopic (exact) mass is 365 g/mol. The molecule has 0 radical (unpaired) electrons. The third-order valence-electron chi connectivity index (χ3n) is 3.49. The highest BCUT2D eigenvalue weighted by atomic mass is 35.5. The maximum Gasteiger partial charge on any atom is 0.407 e. The smallest absolute Gasteiger partial charge is 0.407 e. The van der Waals surface area contributed by atoms with Crippen molar-refractivity contribution in [2.45, 2.75) is 25.2 Å². The first-order chi connectivity index (χ1) is 12.0. The lowest BCUT2D eigenvalue weighted by atomic mass is 10.1. The lowest BCUT2D eigenvalue weighted by Crippen LogP contribution is -2.30. The number of nitrogens with zero attached hydrogens (tertiary/aromatic N) is 1. The van der Waals surface area contributed by atoms with E-state index >= 15 is 0 Å². The highest BCUT2D eigenvalue weighted by Gasteiger charge is 2.22. The fourth-order valence-corrected chi connectivity index (χ4v) is 2.29. The summed E-state index contributed by atoms with van der Waals surface area (Å²) in [4.78, 5) is 15.5. The minimum Gasteiger partial charge on any atom is -0.445 e. The molecule has 0 saturated heterocycles. The summed E-state index contributed by atoms with van der Waals surface area (Å²) in [6, 6.07) is 12.3. The number of hydrogen-bond acceptors (Lipinski definition) is 6. The second-order valence-electron chi connectivity index (χ2n) is 5.40. The van der Waals surface area contributed by atoms with Gasteiger partial charge < -0.3 is 26.0 Å². The molecule has 25 heavy (non-hydrogen) atoms.